The standard InChI is InChI=1S/C15H32O4Si/c1-6-11-12-14-16-15(13-7-2)20(17-8-3,18-9-4)19-10-5/h12,14-15H,6-11,13H2,1-5H3. The quantitative estimate of drug-likeness (QED) is 0.379. The lowest BCUT2D eigenvalue weighted by Gasteiger charge is -2.34. The lowest BCUT2D eigenvalue weighted by molar-refractivity contribution is 0.0145. The second-order valence-corrected chi connectivity index (χ2v) is 7.19. The van der Waals surface area contributed by atoms with Crippen LogP contribution < -0.4 is 0 Å². The highest BCUT2D eigenvalue weighted by atomic mass is 28.4. The average Bonchev–Trinajstić information content (AvgIpc) is 2.43. The van der Waals surface area contributed by atoms with Crippen LogP contribution in [0.5, 0.6) is 0 Å². The Labute approximate surface area is 125 Å². The minimum Gasteiger partial charge on any atom is -0.494 e. The van der Waals surface area contributed by atoms with E-state index in [1.807, 2.05) is 26.8 Å². The van der Waals surface area contributed by atoms with E-state index in [-0.39, 0.29) is 5.73 Å². The van der Waals surface area contributed by atoms with Gasteiger partial charge in [-0.05, 0) is 39.7 Å². The summed E-state index contributed by atoms with van der Waals surface area (Å²) in [6, 6.07) is 0. The topological polar surface area (TPSA) is 36.9 Å². The minimum absolute atomic E-state index is 0.125. The van der Waals surface area contributed by atoms with Crippen LogP contribution in [0.15, 0.2) is 12.3 Å². The summed E-state index contributed by atoms with van der Waals surface area (Å²) in [6.45, 7) is 11.9. The van der Waals surface area contributed by atoms with Crippen molar-refractivity contribution in [2.75, 3.05) is 19.8 Å². The first-order valence-corrected chi connectivity index (χ1v) is 9.73. The van der Waals surface area contributed by atoms with E-state index in [0.29, 0.717) is 19.8 Å². The Morgan fingerprint density at radius 2 is 1.40 bits per heavy atom. The largest absolute Gasteiger partial charge is 0.543 e. The van der Waals surface area contributed by atoms with Crippen LogP contribution in [0, 0.1) is 0 Å². The second-order valence-electron chi connectivity index (χ2n) is 4.48. The Kier molecular flexibility index (Phi) is 12.2. The lowest BCUT2D eigenvalue weighted by atomic mass is 10.3. The van der Waals surface area contributed by atoms with Gasteiger partial charge in [-0.25, -0.2) is 0 Å². The summed E-state index contributed by atoms with van der Waals surface area (Å²) in [5, 5.41) is 0. The normalized spacial score (nSPS) is 13.8. The third-order valence-electron chi connectivity index (χ3n) is 2.78. The van der Waals surface area contributed by atoms with Crippen LogP contribution in [-0.2, 0) is 18.0 Å². The predicted molar refractivity (Wildman–Crippen MR) is 84.5 cm³/mol. The van der Waals surface area contributed by atoms with E-state index in [9.17, 15) is 0 Å². The Balaban J connectivity index is 4.95. The molecule has 0 amide bonds. The molecule has 0 rings (SSSR count). The highest BCUT2D eigenvalue weighted by Crippen LogP contribution is 2.22. The molecule has 0 aromatic heterocycles. The van der Waals surface area contributed by atoms with E-state index in [1.165, 1.54) is 0 Å². The zero-order chi connectivity index (χ0) is 15.3. The highest BCUT2D eigenvalue weighted by molar-refractivity contribution is 6.62. The number of rotatable bonds is 13. The summed E-state index contributed by atoms with van der Waals surface area (Å²) in [6.07, 6.45) is 7.85. The summed E-state index contributed by atoms with van der Waals surface area (Å²) in [5.41, 5.74) is -0.125. The molecule has 0 heterocycles. The van der Waals surface area contributed by atoms with Gasteiger partial charge in [0.1, 0.15) is 0 Å². The Bertz CT molecular complexity index is 229. The van der Waals surface area contributed by atoms with Crippen molar-refractivity contribution in [3.05, 3.63) is 12.3 Å². The maximum absolute atomic E-state index is 5.92. The Morgan fingerprint density at radius 3 is 1.80 bits per heavy atom. The predicted octanol–water partition coefficient (Wildman–Crippen LogP) is 4.07. The molecule has 0 fully saturated rings. The van der Waals surface area contributed by atoms with E-state index in [2.05, 4.69) is 13.8 Å². The van der Waals surface area contributed by atoms with Crippen molar-refractivity contribution in [1.29, 1.82) is 0 Å². The molecule has 1 unspecified atom stereocenters. The summed E-state index contributed by atoms with van der Waals surface area (Å²) in [7, 11) is -2.78. The maximum Gasteiger partial charge on any atom is 0.543 e. The third kappa shape index (κ3) is 6.88. The molecule has 20 heavy (non-hydrogen) atoms. The molecular weight excluding hydrogens is 272 g/mol. The van der Waals surface area contributed by atoms with Crippen LogP contribution in [0.4, 0.5) is 0 Å². The van der Waals surface area contributed by atoms with Crippen LogP contribution in [-0.4, -0.2) is 34.4 Å². The average molecular weight is 305 g/mol. The van der Waals surface area contributed by atoms with Crippen LogP contribution in [0.2, 0.25) is 0 Å². The molecule has 5 heteroatoms. The molecule has 0 aromatic rings. The first kappa shape index (κ1) is 19.6. The van der Waals surface area contributed by atoms with Crippen LogP contribution >= 0.6 is 0 Å². The highest BCUT2D eigenvalue weighted by Gasteiger charge is 2.50. The van der Waals surface area contributed by atoms with E-state index < -0.39 is 8.80 Å². The van der Waals surface area contributed by atoms with Crippen molar-refractivity contribution in [2.45, 2.75) is 66.0 Å². The van der Waals surface area contributed by atoms with E-state index in [1.54, 1.807) is 6.26 Å². The lowest BCUT2D eigenvalue weighted by Crippen LogP contribution is -2.57. The second kappa shape index (κ2) is 12.4. The van der Waals surface area contributed by atoms with Gasteiger partial charge in [-0.15, -0.1) is 0 Å². The molecule has 0 saturated carbocycles. The van der Waals surface area contributed by atoms with Crippen molar-refractivity contribution >= 4 is 8.80 Å². The monoisotopic (exact) mass is 304 g/mol. The molecule has 0 bridgehead atoms. The zero-order valence-corrected chi connectivity index (χ0v) is 14.8. The zero-order valence-electron chi connectivity index (χ0n) is 13.8. The molecule has 0 saturated heterocycles. The van der Waals surface area contributed by atoms with Gasteiger partial charge in [-0.3, -0.25) is 0 Å². The van der Waals surface area contributed by atoms with E-state index in [4.69, 9.17) is 18.0 Å². The van der Waals surface area contributed by atoms with Crippen molar-refractivity contribution in [1.82, 2.24) is 0 Å². The van der Waals surface area contributed by atoms with Crippen molar-refractivity contribution < 1.29 is 18.0 Å². The molecular formula is C15H32O4Si. The fourth-order valence-electron chi connectivity index (χ4n) is 1.98. The molecule has 0 aliphatic rings. The summed E-state index contributed by atoms with van der Waals surface area (Å²) in [5.74, 6) is 0. The van der Waals surface area contributed by atoms with Crippen molar-refractivity contribution in [2.24, 2.45) is 0 Å². The van der Waals surface area contributed by atoms with Crippen LogP contribution in [0.25, 0.3) is 0 Å². The van der Waals surface area contributed by atoms with Gasteiger partial charge in [-0.2, -0.15) is 0 Å². The number of ether oxygens (including phenoxy) is 1. The first-order chi connectivity index (χ1) is 9.70. The van der Waals surface area contributed by atoms with Gasteiger partial charge in [-0.1, -0.05) is 26.7 Å². The van der Waals surface area contributed by atoms with Gasteiger partial charge in [0.05, 0.1) is 6.26 Å². The molecule has 0 aliphatic carbocycles. The van der Waals surface area contributed by atoms with Crippen molar-refractivity contribution in [3.63, 3.8) is 0 Å². The summed E-state index contributed by atoms with van der Waals surface area (Å²) >= 11 is 0. The molecule has 0 N–H and O–H groups in total. The van der Waals surface area contributed by atoms with E-state index in [0.717, 1.165) is 25.7 Å². The van der Waals surface area contributed by atoms with Gasteiger partial charge >= 0.3 is 8.80 Å². The van der Waals surface area contributed by atoms with Crippen molar-refractivity contribution in [3.8, 4) is 0 Å². The fraction of sp³-hybridized carbons (Fsp3) is 0.867. The minimum atomic E-state index is -2.78. The van der Waals surface area contributed by atoms with Crippen LogP contribution in [0.3, 0.4) is 0 Å². The summed E-state index contributed by atoms with van der Waals surface area (Å²) < 4.78 is 23.7. The molecule has 4 nitrogen and oxygen atoms in total. The van der Waals surface area contributed by atoms with Gasteiger partial charge in [0, 0.05) is 19.8 Å². The molecule has 0 spiro atoms. The van der Waals surface area contributed by atoms with Gasteiger partial charge in [0.25, 0.3) is 0 Å². The third-order valence-corrected chi connectivity index (χ3v) is 6.06. The smallest absolute Gasteiger partial charge is 0.494 e. The molecule has 0 radical (unpaired) electrons. The Morgan fingerprint density at radius 1 is 0.850 bits per heavy atom. The first-order valence-electron chi connectivity index (χ1n) is 7.92. The van der Waals surface area contributed by atoms with E-state index >= 15 is 0 Å². The van der Waals surface area contributed by atoms with Gasteiger partial charge in [0.2, 0.25) is 0 Å². The molecule has 0 aromatic carbocycles. The Hall–Kier alpha value is -0.363. The molecule has 1 atom stereocenters. The fourth-order valence-corrected chi connectivity index (χ4v) is 4.89. The van der Waals surface area contributed by atoms with Gasteiger partial charge in [0.15, 0.2) is 5.73 Å². The van der Waals surface area contributed by atoms with Crippen LogP contribution in [0.1, 0.15) is 60.3 Å². The SMILES string of the molecule is CCCC=COC(CCC)[Si](OCC)(OCC)OCC. The van der Waals surface area contributed by atoms with Gasteiger partial charge < -0.3 is 18.0 Å². The summed E-state index contributed by atoms with van der Waals surface area (Å²) in [4.78, 5) is 0. The molecule has 0 aliphatic heterocycles. The number of hydrogen-bond donors (Lipinski definition) is 0. The molecule has 120 valence electrons. The number of hydrogen-bond acceptors (Lipinski definition) is 4. The number of unbranched alkanes of at least 4 members (excludes halogenated alkanes) is 1. The number of allylic oxidation sites excluding steroid dienone is 1. The maximum atomic E-state index is 5.92.